The Morgan fingerprint density at radius 2 is 2.21 bits per heavy atom. The Hall–Kier alpha value is -1.75. The molecule has 2 aromatic heterocycles. The fourth-order valence-electron chi connectivity index (χ4n) is 0.939. The first-order valence-corrected chi connectivity index (χ1v) is 4.00. The van der Waals surface area contributed by atoms with Crippen molar-refractivity contribution in [2.45, 2.75) is 0 Å². The highest BCUT2D eigenvalue weighted by molar-refractivity contribution is 6.28. The molecular formula is C8H4ClNO4. The van der Waals surface area contributed by atoms with E-state index >= 15 is 0 Å². The number of nitrogens with zero attached hydrogens (tertiary/aromatic N) is 1. The van der Waals surface area contributed by atoms with E-state index in [1.54, 1.807) is 6.07 Å². The van der Waals surface area contributed by atoms with E-state index in [4.69, 9.17) is 25.6 Å². The van der Waals surface area contributed by atoms with Gasteiger partial charge in [0.25, 0.3) is 0 Å². The number of halogens is 1. The Labute approximate surface area is 82.9 Å². The molecule has 6 heteroatoms. The molecule has 0 aliphatic rings. The van der Waals surface area contributed by atoms with Crippen molar-refractivity contribution < 1.29 is 18.8 Å². The molecule has 0 saturated carbocycles. The lowest BCUT2D eigenvalue weighted by Crippen LogP contribution is -1.94. The summed E-state index contributed by atoms with van der Waals surface area (Å²) >= 11 is 5.53. The van der Waals surface area contributed by atoms with E-state index in [1.165, 1.54) is 12.1 Å². The molecule has 0 atom stereocenters. The van der Waals surface area contributed by atoms with Crippen LogP contribution in [0.25, 0.3) is 11.5 Å². The Morgan fingerprint density at radius 1 is 1.43 bits per heavy atom. The van der Waals surface area contributed by atoms with Gasteiger partial charge in [-0.2, -0.15) is 0 Å². The van der Waals surface area contributed by atoms with Crippen LogP contribution >= 0.6 is 11.6 Å². The molecule has 2 aromatic rings. The predicted octanol–water partition coefficient (Wildman–Crippen LogP) is 2.29. The third kappa shape index (κ3) is 1.49. The number of aromatic carboxylic acids is 1. The summed E-state index contributed by atoms with van der Waals surface area (Å²) in [5.41, 5.74) is -0.174. The van der Waals surface area contributed by atoms with Gasteiger partial charge in [-0.3, -0.25) is 0 Å². The number of furan rings is 1. The van der Waals surface area contributed by atoms with E-state index in [0.717, 1.165) is 0 Å². The number of carboxylic acid groups (broad SMARTS) is 1. The second-order valence-corrected chi connectivity index (χ2v) is 2.86. The van der Waals surface area contributed by atoms with Gasteiger partial charge in [-0.15, -0.1) is 0 Å². The summed E-state index contributed by atoms with van der Waals surface area (Å²) in [6.45, 7) is 0. The van der Waals surface area contributed by atoms with Gasteiger partial charge in [-0.25, -0.2) is 4.79 Å². The summed E-state index contributed by atoms with van der Waals surface area (Å²) in [6.07, 6.45) is 0. The van der Waals surface area contributed by atoms with Crippen LogP contribution in [0.2, 0.25) is 5.22 Å². The van der Waals surface area contributed by atoms with E-state index in [0.29, 0.717) is 5.76 Å². The van der Waals surface area contributed by atoms with Gasteiger partial charge in [0.1, 0.15) is 0 Å². The van der Waals surface area contributed by atoms with Crippen molar-refractivity contribution in [3.8, 4) is 11.5 Å². The van der Waals surface area contributed by atoms with Crippen LogP contribution < -0.4 is 0 Å². The fourth-order valence-corrected chi connectivity index (χ4v) is 1.08. The van der Waals surface area contributed by atoms with Crippen molar-refractivity contribution in [1.82, 2.24) is 5.16 Å². The van der Waals surface area contributed by atoms with Gasteiger partial charge in [0.05, 0.1) is 0 Å². The third-order valence-electron chi connectivity index (χ3n) is 1.55. The van der Waals surface area contributed by atoms with Gasteiger partial charge in [-0.05, 0) is 23.7 Å². The zero-order valence-electron chi connectivity index (χ0n) is 6.73. The summed E-state index contributed by atoms with van der Waals surface area (Å²) in [4.78, 5) is 10.5. The van der Waals surface area contributed by atoms with Crippen LogP contribution in [-0.4, -0.2) is 16.2 Å². The number of carboxylic acids is 1. The van der Waals surface area contributed by atoms with Crippen LogP contribution in [0.5, 0.6) is 0 Å². The lowest BCUT2D eigenvalue weighted by atomic mass is 10.3. The van der Waals surface area contributed by atoms with Gasteiger partial charge in [0, 0.05) is 6.07 Å². The molecule has 0 unspecified atom stereocenters. The predicted molar refractivity (Wildman–Crippen MR) is 46.2 cm³/mol. The molecule has 0 amide bonds. The van der Waals surface area contributed by atoms with Gasteiger partial charge in [0.2, 0.25) is 5.76 Å². The molecule has 0 aromatic carbocycles. The van der Waals surface area contributed by atoms with Crippen molar-refractivity contribution in [3.05, 3.63) is 29.1 Å². The molecule has 0 aliphatic heterocycles. The Kier molecular flexibility index (Phi) is 2.01. The largest absolute Gasteiger partial charge is 0.476 e. The summed E-state index contributed by atoms with van der Waals surface area (Å²) in [5, 5.41) is 12.1. The van der Waals surface area contributed by atoms with E-state index in [2.05, 4.69) is 5.16 Å². The van der Waals surface area contributed by atoms with Crippen molar-refractivity contribution in [2.75, 3.05) is 0 Å². The first-order valence-electron chi connectivity index (χ1n) is 3.62. The molecule has 0 fully saturated rings. The molecule has 0 saturated heterocycles. The number of hydrogen-bond donors (Lipinski definition) is 1. The number of aromatic nitrogens is 1. The molecule has 2 rings (SSSR count). The molecular weight excluding hydrogens is 210 g/mol. The van der Waals surface area contributed by atoms with Crippen LogP contribution in [-0.2, 0) is 0 Å². The highest BCUT2D eigenvalue weighted by Crippen LogP contribution is 2.25. The Morgan fingerprint density at radius 3 is 2.71 bits per heavy atom. The Balaban J connectivity index is 2.38. The second kappa shape index (κ2) is 3.19. The summed E-state index contributed by atoms with van der Waals surface area (Å²) in [5.74, 6) is -0.582. The maximum absolute atomic E-state index is 10.5. The number of carbonyl (C=O) groups is 1. The van der Waals surface area contributed by atoms with Crippen LogP contribution in [0.1, 0.15) is 10.5 Å². The van der Waals surface area contributed by atoms with Crippen molar-refractivity contribution in [2.24, 2.45) is 0 Å². The van der Waals surface area contributed by atoms with Gasteiger partial charge in [-0.1, -0.05) is 5.16 Å². The first-order chi connectivity index (χ1) is 6.66. The van der Waals surface area contributed by atoms with E-state index in [9.17, 15) is 4.79 Å². The zero-order valence-corrected chi connectivity index (χ0v) is 7.49. The molecule has 0 radical (unpaired) electrons. The molecule has 5 nitrogen and oxygen atoms in total. The monoisotopic (exact) mass is 213 g/mol. The molecule has 72 valence electrons. The minimum Gasteiger partial charge on any atom is -0.476 e. The number of rotatable bonds is 2. The summed E-state index contributed by atoms with van der Waals surface area (Å²) in [6, 6.07) is 4.35. The third-order valence-corrected chi connectivity index (χ3v) is 1.75. The lowest BCUT2D eigenvalue weighted by Gasteiger charge is -1.84. The highest BCUT2D eigenvalue weighted by Gasteiger charge is 2.14. The molecule has 1 N–H and O–H groups in total. The lowest BCUT2D eigenvalue weighted by molar-refractivity contribution is 0.0686. The maximum Gasteiger partial charge on any atom is 0.358 e. The average molecular weight is 214 g/mol. The van der Waals surface area contributed by atoms with E-state index in [1.807, 2.05) is 0 Å². The summed E-state index contributed by atoms with van der Waals surface area (Å²) in [7, 11) is 0. The summed E-state index contributed by atoms with van der Waals surface area (Å²) < 4.78 is 9.74. The minimum absolute atomic E-state index is 0.174. The minimum atomic E-state index is -1.15. The molecule has 0 aliphatic carbocycles. The number of hydrogen-bond acceptors (Lipinski definition) is 4. The van der Waals surface area contributed by atoms with Crippen LogP contribution in [0.15, 0.2) is 27.1 Å². The Bertz CT molecular complexity index is 473. The topological polar surface area (TPSA) is 76.5 Å². The van der Waals surface area contributed by atoms with Gasteiger partial charge >= 0.3 is 5.97 Å². The van der Waals surface area contributed by atoms with Crippen molar-refractivity contribution in [1.29, 1.82) is 0 Å². The zero-order chi connectivity index (χ0) is 10.1. The van der Waals surface area contributed by atoms with E-state index < -0.39 is 5.97 Å². The first kappa shape index (κ1) is 8.83. The molecule has 0 spiro atoms. The molecule has 2 heterocycles. The normalized spacial score (nSPS) is 10.4. The SMILES string of the molecule is O=C(O)c1cc(-c2ccc(Cl)o2)on1. The average Bonchev–Trinajstić information content (AvgIpc) is 2.70. The highest BCUT2D eigenvalue weighted by atomic mass is 35.5. The molecule has 14 heavy (non-hydrogen) atoms. The quantitative estimate of drug-likeness (QED) is 0.828. The van der Waals surface area contributed by atoms with Crippen LogP contribution in [0, 0.1) is 0 Å². The molecule has 0 bridgehead atoms. The maximum atomic E-state index is 10.5. The van der Waals surface area contributed by atoms with Crippen LogP contribution in [0.4, 0.5) is 0 Å². The van der Waals surface area contributed by atoms with Gasteiger partial charge in [0.15, 0.2) is 16.7 Å². The smallest absolute Gasteiger partial charge is 0.358 e. The van der Waals surface area contributed by atoms with E-state index in [-0.39, 0.29) is 16.7 Å². The fraction of sp³-hybridized carbons (Fsp3) is 0. The standard InChI is InChI=1S/C8H4ClNO4/c9-7-2-1-5(13-7)6-3-4(8(11)12)10-14-6/h1-3H,(H,11,12). The van der Waals surface area contributed by atoms with Crippen LogP contribution in [0.3, 0.4) is 0 Å². The van der Waals surface area contributed by atoms with Gasteiger partial charge < -0.3 is 14.0 Å². The van der Waals surface area contributed by atoms with Crippen molar-refractivity contribution >= 4 is 17.6 Å². The van der Waals surface area contributed by atoms with Crippen molar-refractivity contribution in [3.63, 3.8) is 0 Å². The second-order valence-electron chi connectivity index (χ2n) is 2.49.